The first-order chi connectivity index (χ1) is 9.55. The summed E-state index contributed by atoms with van der Waals surface area (Å²) < 4.78 is 5.63. The van der Waals surface area contributed by atoms with Crippen LogP contribution in [0.15, 0.2) is 30.3 Å². The maximum atomic E-state index is 9.13. The number of benzene rings is 2. The SMILES string of the molecule is N#Cc1cc(CCl)ccc1Oc1cc(Cl)c(Cl)cc1Cl. The maximum Gasteiger partial charge on any atom is 0.147 e. The molecule has 0 amide bonds. The molecule has 0 spiro atoms. The molecule has 0 saturated carbocycles. The van der Waals surface area contributed by atoms with E-state index in [2.05, 4.69) is 6.07 Å². The highest BCUT2D eigenvalue weighted by molar-refractivity contribution is 6.43. The lowest BCUT2D eigenvalue weighted by molar-refractivity contribution is 0.481. The lowest BCUT2D eigenvalue weighted by Gasteiger charge is -2.10. The van der Waals surface area contributed by atoms with E-state index in [1.807, 2.05) is 0 Å². The molecule has 0 bridgehead atoms. The minimum atomic E-state index is 0.310. The molecule has 0 aliphatic carbocycles. The van der Waals surface area contributed by atoms with Gasteiger partial charge in [-0.3, -0.25) is 0 Å². The standard InChI is InChI=1S/C14H7Cl4NO/c15-6-8-1-2-13(9(3-8)7-19)20-14-5-11(17)10(16)4-12(14)18/h1-5H,6H2. The van der Waals surface area contributed by atoms with Crippen molar-refractivity contribution in [3.05, 3.63) is 56.5 Å². The van der Waals surface area contributed by atoms with Crippen LogP contribution in [0.3, 0.4) is 0 Å². The molecule has 2 aromatic rings. The number of hydrogen-bond acceptors (Lipinski definition) is 2. The molecule has 6 heteroatoms. The Kier molecular flexibility index (Phi) is 5.01. The predicted octanol–water partition coefficient (Wildman–Crippen LogP) is 6.05. The van der Waals surface area contributed by atoms with Gasteiger partial charge in [-0.2, -0.15) is 5.26 Å². The fourth-order valence-corrected chi connectivity index (χ4v) is 2.28. The first-order valence-electron chi connectivity index (χ1n) is 5.46. The number of ether oxygens (including phenoxy) is 1. The molecular formula is C14H7Cl4NO. The van der Waals surface area contributed by atoms with Gasteiger partial charge < -0.3 is 4.74 Å². The van der Waals surface area contributed by atoms with E-state index in [1.165, 1.54) is 12.1 Å². The van der Waals surface area contributed by atoms with Gasteiger partial charge in [0.05, 0.1) is 20.6 Å². The van der Waals surface area contributed by atoms with E-state index in [0.29, 0.717) is 38.0 Å². The molecule has 0 saturated heterocycles. The Bertz CT molecular complexity index is 694. The van der Waals surface area contributed by atoms with Crippen molar-refractivity contribution in [1.82, 2.24) is 0 Å². The Balaban J connectivity index is 2.40. The van der Waals surface area contributed by atoms with Crippen molar-refractivity contribution in [3.8, 4) is 17.6 Å². The van der Waals surface area contributed by atoms with Crippen LogP contribution in [0.5, 0.6) is 11.5 Å². The summed E-state index contributed by atoms with van der Waals surface area (Å²) in [6.07, 6.45) is 0. The normalized spacial score (nSPS) is 10.2. The number of halogens is 4. The van der Waals surface area contributed by atoms with Crippen molar-refractivity contribution in [2.45, 2.75) is 5.88 Å². The quantitative estimate of drug-likeness (QED) is 0.500. The van der Waals surface area contributed by atoms with Crippen LogP contribution in [-0.4, -0.2) is 0 Å². The molecule has 2 nitrogen and oxygen atoms in total. The summed E-state index contributed by atoms with van der Waals surface area (Å²) in [4.78, 5) is 0. The molecule has 0 heterocycles. The van der Waals surface area contributed by atoms with Gasteiger partial charge in [-0.1, -0.05) is 40.9 Å². The number of alkyl halides is 1. The predicted molar refractivity (Wildman–Crippen MR) is 82.3 cm³/mol. The van der Waals surface area contributed by atoms with Gasteiger partial charge in [-0.25, -0.2) is 0 Å². The second kappa shape index (κ2) is 6.56. The lowest BCUT2D eigenvalue weighted by atomic mass is 10.1. The summed E-state index contributed by atoms with van der Waals surface area (Å²) in [7, 11) is 0. The largest absolute Gasteiger partial charge is 0.454 e. The highest BCUT2D eigenvalue weighted by Crippen LogP contribution is 2.37. The third kappa shape index (κ3) is 3.31. The number of nitriles is 1. The second-order valence-corrected chi connectivity index (χ2v) is 5.36. The number of nitrogens with zero attached hydrogens (tertiary/aromatic N) is 1. The van der Waals surface area contributed by atoms with Gasteiger partial charge in [0.1, 0.15) is 17.6 Å². The fourth-order valence-electron chi connectivity index (χ4n) is 1.54. The summed E-state index contributed by atoms with van der Waals surface area (Å²) in [5, 5.41) is 10.1. The van der Waals surface area contributed by atoms with Gasteiger partial charge in [0.2, 0.25) is 0 Å². The fraction of sp³-hybridized carbons (Fsp3) is 0.0714. The van der Waals surface area contributed by atoms with Gasteiger partial charge in [0.15, 0.2) is 0 Å². The number of hydrogen-bond donors (Lipinski definition) is 0. The average molecular weight is 347 g/mol. The van der Waals surface area contributed by atoms with Crippen molar-refractivity contribution >= 4 is 46.4 Å². The molecule has 0 N–H and O–H groups in total. The molecule has 0 atom stereocenters. The molecule has 0 aliphatic heterocycles. The highest BCUT2D eigenvalue weighted by Gasteiger charge is 2.11. The zero-order valence-electron chi connectivity index (χ0n) is 9.96. The summed E-state index contributed by atoms with van der Waals surface area (Å²) in [5.74, 6) is 1.03. The van der Waals surface area contributed by atoms with Crippen molar-refractivity contribution in [1.29, 1.82) is 5.26 Å². The molecule has 0 radical (unpaired) electrons. The van der Waals surface area contributed by atoms with E-state index in [4.69, 9.17) is 56.4 Å². The van der Waals surface area contributed by atoms with Crippen molar-refractivity contribution in [2.24, 2.45) is 0 Å². The summed E-state index contributed by atoms with van der Waals surface area (Å²) in [6.45, 7) is 0. The van der Waals surface area contributed by atoms with Gasteiger partial charge in [0, 0.05) is 11.9 Å². The maximum absolute atomic E-state index is 9.13. The van der Waals surface area contributed by atoms with Crippen LogP contribution in [0.4, 0.5) is 0 Å². The first-order valence-corrected chi connectivity index (χ1v) is 7.13. The van der Waals surface area contributed by atoms with Crippen molar-refractivity contribution in [3.63, 3.8) is 0 Å². The molecule has 102 valence electrons. The molecule has 0 aliphatic rings. The first kappa shape index (κ1) is 15.3. The third-order valence-electron chi connectivity index (χ3n) is 2.51. The van der Waals surface area contributed by atoms with Gasteiger partial charge >= 0.3 is 0 Å². The Morgan fingerprint density at radius 3 is 2.30 bits per heavy atom. The molecule has 20 heavy (non-hydrogen) atoms. The Morgan fingerprint density at radius 2 is 1.65 bits per heavy atom. The minimum Gasteiger partial charge on any atom is -0.454 e. The van der Waals surface area contributed by atoms with Gasteiger partial charge in [0.25, 0.3) is 0 Å². The van der Waals surface area contributed by atoms with E-state index in [1.54, 1.807) is 18.2 Å². The zero-order chi connectivity index (χ0) is 14.7. The van der Waals surface area contributed by atoms with E-state index in [9.17, 15) is 0 Å². The van der Waals surface area contributed by atoms with Crippen LogP contribution in [0.25, 0.3) is 0 Å². The lowest BCUT2D eigenvalue weighted by Crippen LogP contribution is -1.91. The van der Waals surface area contributed by atoms with E-state index < -0.39 is 0 Å². The molecule has 0 unspecified atom stereocenters. The van der Waals surface area contributed by atoms with Crippen LogP contribution in [-0.2, 0) is 5.88 Å². The summed E-state index contributed by atoms with van der Waals surface area (Å²) in [6, 6.07) is 10.1. The summed E-state index contributed by atoms with van der Waals surface area (Å²) in [5.41, 5.74) is 1.20. The molecule has 0 aromatic heterocycles. The molecule has 2 aromatic carbocycles. The Hall–Kier alpha value is -1.11. The van der Waals surface area contributed by atoms with Crippen molar-refractivity contribution < 1.29 is 4.74 Å². The molecular weight excluding hydrogens is 340 g/mol. The monoisotopic (exact) mass is 345 g/mol. The molecule has 0 fully saturated rings. The van der Waals surface area contributed by atoms with Crippen LogP contribution in [0.1, 0.15) is 11.1 Å². The Labute approximate surface area is 136 Å². The zero-order valence-corrected chi connectivity index (χ0v) is 13.0. The van der Waals surface area contributed by atoms with Crippen molar-refractivity contribution in [2.75, 3.05) is 0 Å². The minimum absolute atomic E-state index is 0.310. The summed E-state index contributed by atoms with van der Waals surface area (Å²) >= 11 is 23.5. The van der Waals surface area contributed by atoms with E-state index >= 15 is 0 Å². The third-order valence-corrected chi connectivity index (χ3v) is 3.84. The molecule has 2 rings (SSSR count). The Morgan fingerprint density at radius 1 is 0.950 bits per heavy atom. The second-order valence-electron chi connectivity index (χ2n) is 3.87. The van der Waals surface area contributed by atoms with Crippen LogP contribution in [0.2, 0.25) is 15.1 Å². The van der Waals surface area contributed by atoms with E-state index in [0.717, 1.165) is 5.56 Å². The average Bonchev–Trinajstić information content (AvgIpc) is 2.45. The smallest absolute Gasteiger partial charge is 0.147 e. The van der Waals surface area contributed by atoms with E-state index in [-0.39, 0.29) is 0 Å². The van der Waals surface area contributed by atoms with Crippen LogP contribution in [0, 0.1) is 11.3 Å². The van der Waals surface area contributed by atoms with Crippen LogP contribution < -0.4 is 4.74 Å². The topological polar surface area (TPSA) is 33.0 Å². The van der Waals surface area contributed by atoms with Gasteiger partial charge in [-0.15, -0.1) is 11.6 Å². The highest BCUT2D eigenvalue weighted by atomic mass is 35.5. The van der Waals surface area contributed by atoms with Gasteiger partial charge in [-0.05, 0) is 23.8 Å². The number of rotatable bonds is 3. The van der Waals surface area contributed by atoms with Crippen LogP contribution >= 0.6 is 46.4 Å².